The van der Waals surface area contributed by atoms with Crippen molar-refractivity contribution in [3.63, 3.8) is 0 Å². The van der Waals surface area contributed by atoms with Gasteiger partial charge in [-0.05, 0) is 30.9 Å². The third-order valence-corrected chi connectivity index (χ3v) is 2.22. The number of halogens is 3. The Kier molecular flexibility index (Phi) is 5.34. The summed E-state index contributed by atoms with van der Waals surface area (Å²) in [6.07, 6.45) is 3.58. The first kappa shape index (κ1) is 13.6. The van der Waals surface area contributed by atoms with E-state index in [4.69, 9.17) is 5.73 Å². The van der Waals surface area contributed by atoms with Crippen molar-refractivity contribution in [2.45, 2.75) is 18.9 Å². The van der Waals surface area contributed by atoms with E-state index in [0.717, 1.165) is 5.69 Å². The van der Waals surface area contributed by atoms with Gasteiger partial charge in [-0.15, -0.1) is 24.8 Å². The summed E-state index contributed by atoms with van der Waals surface area (Å²) in [6, 6.07) is 3.08. The van der Waals surface area contributed by atoms with E-state index in [1.54, 1.807) is 6.07 Å². The van der Waals surface area contributed by atoms with Crippen LogP contribution in [-0.4, -0.2) is 4.98 Å². The standard InChI is InChI=1S/C9H11FN2.2ClH/c10-7-3-4-8(12-5-7)9(11)6-1-2-6;;/h3-6,9H,1-2,11H2;2*1H. The number of hydrogen-bond acceptors (Lipinski definition) is 2. The van der Waals surface area contributed by atoms with Crippen molar-refractivity contribution in [2.24, 2.45) is 11.7 Å². The molecule has 0 amide bonds. The molecule has 1 heterocycles. The lowest BCUT2D eigenvalue weighted by molar-refractivity contribution is 0.592. The number of rotatable bonds is 2. The van der Waals surface area contributed by atoms with Crippen molar-refractivity contribution >= 4 is 24.8 Å². The molecule has 1 aromatic heterocycles. The first-order valence-electron chi connectivity index (χ1n) is 4.14. The van der Waals surface area contributed by atoms with Gasteiger partial charge in [-0.3, -0.25) is 4.98 Å². The van der Waals surface area contributed by atoms with Crippen LogP contribution in [0.4, 0.5) is 4.39 Å². The van der Waals surface area contributed by atoms with Crippen LogP contribution >= 0.6 is 24.8 Å². The Hall–Kier alpha value is -0.380. The van der Waals surface area contributed by atoms with E-state index in [1.807, 2.05) is 0 Å². The highest BCUT2D eigenvalue weighted by Gasteiger charge is 2.30. The maximum atomic E-state index is 12.5. The molecule has 0 aromatic carbocycles. The summed E-state index contributed by atoms with van der Waals surface area (Å²) in [7, 11) is 0. The summed E-state index contributed by atoms with van der Waals surface area (Å²) >= 11 is 0. The molecule has 80 valence electrons. The Morgan fingerprint density at radius 2 is 2.00 bits per heavy atom. The molecule has 0 radical (unpaired) electrons. The normalized spacial score (nSPS) is 16.4. The molecule has 0 spiro atoms. The fraction of sp³-hybridized carbons (Fsp3) is 0.444. The zero-order valence-electron chi connectivity index (χ0n) is 7.52. The molecular formula is C9H13Cl2FN2. The largest absolute Gasteiger partial charge is 0.322 e. The molecule has 14 heavy (non-hydrogen) atoms. The second-order valence-corrected chi connectivity index (χ2v) is 3.26. The SMILES string of the molecule is Cl.Cl.NC(c1ccc(F)cn1)C1CC1. The molecule has 1 fully saturated rings. The average molecular weight is 239 g/mol. The molecule has 1 aliphatic carbocycles. The highest BCUT2D eigenvalue weighted by atomic mass is 35.5. The molecule has 1 saturated carbocycles. The van der Waals surface area contributed by atoms with Crippen LogP contribution in [0.3, 0.4) is 0 Å². The predicted molar refractivity (Wildman–Crippen MR) is 58.3 cm³/mol. The Bertz CT molecular complexity index is 275. The van der Waals surface area contributed by atoms with E-state index in [9.17, 15) is 4.39 Å². The highest BCUT2D eigenvalue weighted by Crippen LogP contribution is 2.38. The maximum Gasteiger partial charge on any atom is 0.141 e. The number of aromatic nitrogens is 1. The number of nitrogens with zero attached hydrogens (tertiary/aromatic N) is 1. The lowest BCUT2D eigenvalue weighted by Gasteiger charge is -2.08. The van der Waals surface area contributed by atoms with Crippen LogP contribution in [0.2, 0.25) is 0 Å². The zero-order valence-corrected chi connectivity index (χ0v) is 9.15. The van der Waals surface area contributed by atoms with Crippen molar-refractivity contribution < 1.29 is 4.39 Å². The first-order valence-corrected chi connectivity index (χ1v) is 4.14. The average Bonchev–Trinajstić information content (AvgIpc) is 2.87. The summed E-state index contributed by atoms with van der Waals surface area (Å²) in [5, 5.41) is 0. The topological polar surface area (TPSA) is 38.9 Å². The highest BCUT2D eigenvalue weighted by molar-refractivity contribution is 5.85. The van der Waals surface area contributed by atoms with E-state index >= 15 is 0 Å². The summed E-state index contributed by atoms with van der Waals surface area (Å²) in [4.78, 5) is 3.94. The van der Waals surface area contributed by atoms with E-state index in [-0.39, 0.29) is 36.7 Å². The van der Waals surface area contributed by atoms with Gasteiger partial charge < -0.3 is 5.73 Å². The molecule has 1 unspecified atom stereocenters. The second-order valence-electron chi connectivity index (χ2n) is 3.26. The fourth-order valence-electron chi connectivity index (χ4n) is 1.28. The van der Waals surface area contributed by atoms with Gasteiger partial charge >= 0.3 is 0 Å². The van der Waals surface area contributed by atoms with Gasteiger partial charge in [0, 0.05) is 6.04 Å². The number of hydrogen-bond donors (Lipinski definition) is 1. The van der Waals surface area contributed by atoms with E-state index in [2.05, 4.69) is 4.98 Å². The van der Waals surface area contributed by atoms with Crippen molar-refractivity contribution in [3.8, 4) is 0 Å². The predicted octanol–water partition coefficient (Wildman–Crippen LogP) is 2.47. The lowest BCUT2D eigenvalue weighted by Crippen LogP contribution is -2.13. The van der Waals surface area contributed by atoms with Gasteiger partial charge in [0.2, 0.25) is 0 Å². The third-order valence-electron chi connectivity index (χ3n) is 2.22. The summed E-state index contributed by atoms with van der Waals surface area (Å²) in [6.45, 7) is 0. The lowest BCUT2D eigenvalue weighted by atomic mass is 10.1. The van der Waals surface area contributed by atoms with Crippen LogP contribution < -0.4 is 5.73 Å². The first-order chi connectivity index (χ1) is 5.77. The number of nitrogens with two attached hydrogens (primary N) is 1. The third kappa shape index (κ3) is 3.08. The summed E-state index contributed by atoms with van der Waals surface area (Å²) in [5.41, 5.74) is 6.67. The van der Waals surface area contributed by atoms with Crippen LogP contribution in [0.15, 0.2) is 18.3 Å². The van der Waals surface area contributed by atoms with Crippen LogP contribution in [0, 0.1) is 11.7 Å². The minimum absolute atomic E-state index is 0. The Morgan fingerprint density at radius 1 is 1.36 bits per heavy atom. The van der Waals surface area contributed by atoms with Crippen LogP contribution in [0.5, 0.6) is 0 Å². The van der Waals surface area contributed by atoms with Gasteiger partial charge in [0.15, 0.2) is 0 Å². The molecule has 0 bridgehead atoms. The van der Waals surface area contributed by atoms with Gasteiger partial charge in [0.1, 0.15) is 5.82 Å². The molecule has 0 aliphatic heterocycles. The maximum absolute atomic E-state index is 12.5. The van der Waals surface area contributed by atoms with Crippen molar-refractivity contribution in [3.05, 3.63) is 29.8 Å². The zero-order chi connectivity index (χ0) is 8.55. The van der Waals surface area contributed by atoms with Gasteiger partial charge in [-0.2, -0.15) is 0 Å². The van der Waals surface area contributed by atoms with Gasteiger partial charge in [0.25, 0.3) is 0 Å². The van der Waals surface area contributed by atoms with E-state index < -0.39 is 0 Å². The molecule has 1 aromatic rings. The van der Waals surface area contributed by atoms with Crippen molar-refractivity contribution in [1.29, 1.82) is 0 Å². The van der Waals surface area contributed by atoms with Gasteiger partial charge in [-0.25, -0.2) is 4.39 Å². The molecular weight excluding hydrogens is 226 g/mol. The van der Waals surface area contributed by atoms with Crippen molar-refractivity contribution in [1.82, 2.24) is 4.98 Å². The molecule has 2 N–H and O–H groups in total. The summed E-state index contributed by atoms with van der Waals surface area (Å²) < 4.78 is 12.5. The summed E-state index contributed by atoms with van der Waals surface area (Å²) in [5.74, 6) is 0.268. The molecule has 2 nitrogen and oxygen atoms in total. The minimum atomic E-state index is -0.304. The minimum Gasteiger partial charge on any atom is -0.322 e. The monoisotopic (exact) mass is 238 g/mol. The molecule has 0 saturated heterocycles. The molecule has 2 rings (SSSR count). The number of pyridine rings is 1. The van der Waals surface area contributed by atoms with Gasteiger partial charge in [-0.1, -0.05) is 0 Å². The van der Waals surface area contributed by atoms with E-state index in [1.165, 1.54) is 25.1 Å². The smallest absolute Gasteiger partial charge is 0.141 e. The van der Waals surface area contributed by atoms with E-state index in [0.29, 0.717) is 5.92 Å². The Balaban J connectivity index is 0.000000845. The Labute approximate surface area is 94.9 Å². The van der Waals surface area contributed by atoms with Crippen LogP contribution in [-0.2, 0) is 0 Å². The van der Waals surface area contributed by atoms with Crippen molar-refractivity contribution in [2.75, 3.05) is 0 Å². The molecule has 5 heteroatoms. The van der Waals surface area contributed by atoms with Crippen LogP contribution in [0.25, 0.3) is 0 Å². The molecule has 1 atom stereocenters. The fourth-order valence-corrected chi connectivity index (χ4v) is 1.28. The van der Waals surface area contributed by atoms with Crippen LogP contribution in [0.1, 0.15) is 24.6 Å². The Morgan fingerprint density at radius 3 is 2.43 bits per heavy atom. The quantitative estimate of drug-likeness (QED) is 0.860. The van der Waals surface area contributed by atoms with Gasteiger partial charge in [0.05, 0.1) is 11.9 Å². The second kappa shape index (κ2) is 5.49. The molecule has 1 aliphatic rings.